The highest BCUT2D eigenvalue weighted by Crippen LogP contribution is 2.42. The van der Waals surface area contributed by atoms with E-state index in [1.807, 2.05) is 36.4 Å². The van der Waals surface area contributed by atoms with Gasteiger partial charge in [0, 0.05) is 12.8 Å². The first-order valence-corrected chi connectivity index (χ1v) is 17.7. The fraction of sp³-hybridized carbons (Fsp3) is 0.467. The van der Waals surface area contributed by atoms with Crippen LogP contribution in [0.15, 0.2) is 48.5 Å². The van der Waals surface area contributed by atoms with Gasteiger partial charge in [0.25, 0.3) is 0 Å². The predicted octanol–water partition coefficient (Wildman–Crippen LogP) is 8.78. The SMILES string of the molecule is COc1c2cc(C(C)(C)C)cc1Cc1cc(C(C)(C)C)cc(c1[O-])Cc1cc(C(C)(C)C)cc(c1[O-])Cc1cc(C(C)(C)C)cc(c1[O-])C2. The largest absolute Gasteiger partial charge is 0.872 e. The van der Waals surface area contributed by atoms with E-state index >= 15 is 0 Å². The molecule has 4 aromatic carbocycles. The molecule has 0 fully saturated rings. The van der Waals surface area contributed by atoms with E-state index in [-0.39, 0.29) is 51.8 Å². The fourth-order valence-electron chi connectivity index (χ4n) is 6.88. The van der Waals surface area contributed by atoms with Gasteiger partial charge in [-0.05, 0) is 67.9 Å². The predicted molar refractivity (Wildman–Crippen MR) is 197 cm³/mol. The van der Waals surface area contributed by atoms with E-state index in [1.54, 1.807) is 7.11 Å². The Morgan fingerprint density at radius 2 is 0.551 bits per heavy atom. The Morgan fingerprint density at radius 3 is 0.735 bits per heavy atom. The molecule has 8 bridgehead atoms. The average molecular weight is 660 g/mol. The maximum absolute atomic E-state index is 14.4. The van der Waals surface area contributed by atoms with Crippen LogP contribution in [0.1, 0.15) is 150 Å². The van der Waals surface area contributed by atoms with Gasteiger partial charge in [0.15, 0.2) is 0 Å². The van der Waals surface area contributed by atoms with Crippen LogP contribution in [0.3, 0.4) is 0 Å². The molecule has 0 spiro atoms. The highest BCUT2D eigenvalue weighted by Gasteiger charge is 2.25. The lowest BCUT2D eigenvalue weighted by Crippen LogP contribution is -2.18. The van der Waals surface area contributed by atoms with Crippen molar-refractivity contribution < 1.29 is 20.1 Å². The lowest BCUT2D eigenvalue weighted by atomic mass is 9.79. The zero-order valence-corrected chi connectivity index (χ0v) is 32.1. The van der Waals surface area contributed by atoms with E-state index in [4.69, 9.17) is 4.74 Å². The molecule has 1 aliphatic carbocycles. The molecule has 5 rings (SSSR count). The summed E-state index contributed by atoms with van der Waals surface area (Å²) in [6, 6.07) is 16.4. The van der Waals surface area contributed by atoms with E-state index < -0.39 is 0 Å². The minimum Gasteiger partial charge on any atom is -0.872 e. The van der Waals surface area contributed by atoms with Crippen LogP contribution in [-0.4, -0.2) is 7.11 Å². The Balaban J connectivity index is 1.91. The van der Waals surface area contributed by atoms with Gasteiger partial charge in [-0.15, -0.1) is 17.2 Å². The third-order valence-corrected chi connectivity index (χ3v) is 10.2. The zero-order chi connectivity index (χ0) is 36.4. The monoisotopic (exact) mass is 659 g/mol. The van der Waals surface area contributed by atoms with Crippen LogP contribution >= 0.6 is 0 Å². The van der Waals surface area contributed by atoms with E-state index in [1.165, 1.54) is 0 Å². The van der Waals surface area contributed by atoms with Crippen LogP contribution in [0, 0.1) is 0 Å². The molecule has 0 aromatic heterocycles. The van der Waals surface area contributed by atoms with Gasteiger partial charge < -0.3 is 20.1 Å². The van der Waals surface area contributed by atoms with Gasteiger partial charge in [0.05, 0.1) is 7.11 Å². The smallest absolute Gasteiger partial charge is 0.125 e. The average Bonchev–Trinajstić information content (AvgIpc) is 2.96. The van der Waals surface area contributed by atoms with Crippen molar-refractivity contribution in [3.05, 3.63) is 115 Å². The van der Waals surface area contributed by atoms with Gasteiger partial charge in [-0.25, -0.2) is 0 Å². The van der Waals surface area contributed by atoms with E-state index in [0.29, 0.717) is 52.0 Å². The van der Waals surface area contributed by atoms with Gasteiger partial charge >= 0.3 is 0 Å². The first kappa shape index (κ1) is 36.4. The molecule has 0 radical (unpaired) electrons. The summed E-state index contributed by atoms with van der Waals surface area (Å²) < 4.78 is 6.16. The molecule has 4 aromatic rings. The van der Waals surface area contributed by atoms with Gasteiger partial charge in [-0.3, -0.25) is 0 Å². The molecule has 0 saturated carbocycles. The van der Waals surface area contributed by atoms with E-state index in [0.717, 1.165) is 33.4 Å². The Kier molecular flexibility index (Phi) is 9.23. The minimum absolute atomic E-state index is 0.0335. The molecule has 0 saturated heterocycles. The van der Waals surface area contributed by atoms with E-state index in [2.05, 4.69) is 95.2 Å². The molecule has 0 atom stereocenters. The van der Waals surface area contributed by atoms with Crippen LogP contribution in [0.4, 0.5) is 0 Å². The van der Waals surface area contributed by atoms with Crippen molar-refractivity contribution in [2.45, 2.75) is 130 Å². The lowest BCUT2D eigenvalue weighted by molar-refractivity contribution is -0.271. The Hall–Kier alpha value is -3.92. The molecular weight excluding hydrogens is 604 g/mol. The first-order chi connectivity index (χ1) is 22.5. The Bertz CT molecular complexity index is 1780. The molecule has 0 unspecified atom stereocenters. The normalized spacial score (nSPS) is 14.1. The molecule has 0 amide bonds. The number of hydrogen-bond donors (Lipinski definition) is 0. The van der Waals surface area contributed by atoms with Gasteiger partial charge in [0.2, 0.25) is 0 Å². The lowest BCUT2D eigenvalue weighted by Gasteiger charge is -2.32. The third-order valence-electron chi connectivity index (χ3n) is 10.2. The second-order valence-corrected chi connectivity index (χ2v) is 18.4. The van der Waals surface area contributed by atoms with Gasteiger partial charge in [-0.2, -0.15) is 0 Å². The summed E-state index contributed by atoms with van der Waals surface area (Å²) in [5, 5.41) is 43.2. The van der Waals surface area contributed by atoms with Crippen LogP contribution in [0.5, 0.6) is 23.0 Å². The van der Waals surface area contributed by atoms with E-state index in [9.17, 15) is 15.3 Å². The number of benzene rings is 4. The number of ether oxygens (including phenoxy) is 1. The summed E-state index contributed by atoms with van der Waals surface area (Å²) in [6.07, 6.45) is 1.22. The number of methoxy groups -OCH3 is 1. The maximum Gasteiger partial charge on any atom is 0.125 e. The third kappa shape index (κ3) is 7.49. The van der Waals surface area contributed by atoms with Crippen LogP contribution in [0.2, 0.25) is 0 Å². The summed E-state index contributed by atoms with van der Waals surface area (Å²) >= 11 is 0. The zero-order valence-electron chi connectivity index (χ0n) is 32.1. The summed E-state index contributed by atoms with van der Waals surface area (Å²) in [4.78, 5) is 0. The molecule has 4 heteroatoms. The first-order valence-electron chi connectivity index (χ1n) is 17.7. The molecule has 4 nitrogen and oxygen atoms in total. The topological polar surface area (TPSA) is 78.4 Å². The van der Waals surface area contributed by atoms with Crippen LogP contribution in [0.25, 0.3) is 0 Å². The number of rotatable bonds is 1. The number of hydrogen-bond acceptors (Lipinski definition) is 4. The number of fused-ring (bicyclic) bond motifs is 8. The Labute approximate surface area is 295 Å². The van der Waals surface area contributed by atoms with Crippen molar-refractivity contribution in [3.8, 4) is 23.0 Å². The van der Waals surface area contributed by atoms with Crippen molar-refractivity contribution in [2.24, 2.45) is 0 Å². The molecule has 0 aliphatic heterocycles. The Morgan fingerprint density at radius 1 is 0.367 bits per heavy atom. The summed E-state index contributed by atoms with van der Waals surface area (Å²) in [5.41, 5.74) is 9.08. The summed E-state index contributed by atoms with van der Waals surface area (Å²) in [6.45, 7) is 25.9. The van der Waals surface area contributed by atoms with Crippen LogP contribution < -0.4 is 20.1 Å². The summed E-state index contributed by atoms with van der Waals surface area (Å²) in [7, 11) is 1.68. The van der Waals surface area contributed by atoms with Crippen molar-refractivity contribution in [2.75, 3.05) is 7.11 Å². The summed E-state index contributed by atoms with van der Waals surface area (Å²) in [5.74, 6) is 0.555. The van der Waals surface area contributed by atoms with Crippen molar-refractivity contribution in [1.29, 1.82) is 0 Å². The molecule has 1 aliphatic rings. The van der Waals surface area contributed by atoms with Crippen LogP contribution in [-0.2, 0) is 47.3 Å². The van der Waals surface area contributed by atoms with Gasteiger partial charge in [0.1, 0.15) is 5.75 Å². The second-order valence-electron chi connectivity index (χ2n) is 18.4. The molecule has 0 heterocycles. The van der Waals surface area contributed by atoms with Crippen molar-refractivity contribution in [3.63, 3.8) is 0 Å². The quantitative estimate of drug-likeness (QED) is 0.180. The van der Waals surface area contributed by atoms with Gasteiger partial charge in [-0.1, -0.05) is 165 Å². The van der Waals surface area contributed by atoms with Crippen molar-refractivity contribution >= 4 is 0 Å². The highest BCUT2D eigenvalue weighted by molar-refractivity contribution is 5.58. The van der Waals surface area contributed by atoms with Crippen molar-refractivity contribution in [1.82, 2.24) is 0 Å². The minimum atomic E-state index is -0.237. The molecule has 49 heavy (non-hydrogen) atoms. The second kappa shape index (κ2) is 12.4. The highest BCUT2D eigenvalue weighted by atomic mass is 16.5. The molecular formula is C45H55O4-3. The maximum atomic E-state index is 14.4. The molecule has 262 valence electrons. The standard InChI is InChI=1S/C45H58O4/c1-42(2,3)34-18-26-14-28-20-35(43(4,5)6)22-30(39(28)47)16-32-24-37(45(10,11)12)25-33(41(32)49-13)17-31-23-36(44(7,8)9)21-29(40(31)48)15-27(19-34)38(26)46/h18-25,46-48H,14-17H2,1-13H3/p-3. The molecule has 0 N–H and O–H groups in total. The fourth-order valence-corrected chi connectivity index (χ4v) is 6.88.